The number of carbonyl (C=O) groups is 2. The first-order chi connectivity index (χ1) is 10.0. The fourth-order valence-electron chi connectivity index (χ4n) is 2.33. The molecule has 0 heterocycles. The van der Waals surface area contributed by atoms with Gasteiger partial charge in [0.15, 0.2) is 0 Å². The molecular weight excluding hydrogens is 288 g/mol. The van der Waals surface area contributed by atoms with Crippen molar-refractivity contribution in [2.75, 3.05) is 5.32 Å². The predicted octanol–water partition coefficient (Wildman–Crippen LogP) is 2.46. The Morgan fingerprint density at radius 3 is 2.48 bits per heavy atom. The Kier molecular flexibility index (Phi) is 5.64. The molecule has 5 nitrogen and oxygen atoms in total. The lowest BCUT2D eigenvalue weighted by molar-refractivity contribution is -0.138. The molecule has 6 heteroatoms. The maximum absolute atomic E-state index is 11.7. The summed E-state index contributed by atoms with van der Waals surface area (Å²) in [5, 5.41) is 11.9. The molecule has 1 aliphatic rings. The normalized spacial score (nSPS) is 16.6. The van der Waals surface area contributed by atoms with Crippen molar-refractivity contribution in [1.29, 1.82) is 0 Å². The van der Waals surface area contributed by atoms with E-state index in [9.17, 15) is 9.59 Å². The predicted molar refractivity (Wildman–Crippen MR) is 83.4 cm³/mol. The van der Waals surface area contributed by atoms with Crippen molar-refractivity contribution >= 4 is 29.3 Å². The van der Waals surface area contributed by atoms with E-state index in [4.69, 9.17) is 10.8 Å². The molecule has 0 saturated heterocycles. The van der Waals surface area contributed by atoms with Crippen molar-refractivity contribution < 1.29 is 14.7 Å². The van der Waals surface area contributed by atoms with Crippen LogP contribution >= 0.6 is 11.8 Å². The number of amides is 1. The van der Waals surface area contributed by atoms with Gasteiger partial charge >= 0.3 is 5.97 Å². The molecule has 0 spiro atoms. The SMILES string of the molecule is NC(CC(=O)O)C(=O)Nc1ccc(SC2CCCC2)cc1. The van der Waals surface area contributed by atoms with Crippen LogP contribution in [0.5, 0.6) is 0 Å². The van der Waals surface area contributed by atoms with Crippen LogP contribution in [-0.2, 0) is 9.59 Å². The van der Waals surface area contributed by atoms with Gasteiger partial charge in [0.05, 0.1) is 12.5 Å². The smallest absolute Gasteiger partial charge is 0.305 e. The van der Waals surface area contributed by atoms with Crippen LogP contribution in [0.4, 0.5) is 5.69 Å². The molecular formula is C15H20N2O3S. The Balaban J connectivity index is 1.86. The quantitative estimate of drug-likeness (QED) is 0.750. The summed E-state index contributed by atoms with van der Waals surface area (Å²) in [7, 11) is 0. The summed E-state index contributed by atoms with van der Waals surface area (Å²) in [5.74, 6) is -1.56. The third-order valence-electron chi connectivity index (χ3n) is 3.46. The van der Waals surface area contributed by atoms with E-state index < -0.39 is 17.9 Å². The number of aliphatic carboxylic acids is 1. The Labute approximate surface area is 128 Å². The van der Waals surface area contributed by atoms with Crippen LogP contribution in [0.2, 0.25) is 0 Å². The largest absolute Gasteiger partial charge is 0.481 e. The molecule has 1 saturated carbocycles. The van der Waals surface area contributed by atoms with Gasteiger partial charge in [0.2, 0.25) is 5.91 Å². The number of nitrogens with two attached hydrogens (primary N) is 1. The van der Waals surface area contributed by atoms with E-state index in [-0.39, 0.29) is 6.42 Å². The van der Waals surface area contributed by atoms with E-state index in [1.807, 2.05) is 36.0 Å². The summed E-state index contributed by atoms with van der Waals surface area (Å²) in [6.45, 7) is 0. The molecule has 1 aromatic rings. The molecule has 1 unspecified atom stereocenters. The highest BCUT2D eigenvalue weighted by molar-refractivity contribution is 8.00. The summed E-state index contributed by atoms with van der Waals surface area (Å²) in [5.41, 5.74) is 6.14. The lowest BCUT2D eigenvalue weighted by Gasteiger charge is -2.12. The summed E-state index contributed by atoms with van der Waals surface area (Å²) >= 11 is 1.88. The van der Waals surface area contributed by atoms with Crippen LogP contribution in [0.25, 0.3) is 0 Å². The molecule has 21 heavy (non-hydrogen) atoms. The lowest BCUT2D eigenvalue weighted by atomic mass is 10.2. The molecule has 114 valence electrons. The summed E-state index contributed by atoms with van der Waals surface area (Å²) in [6.07, 6.45) is 4.79. The Morgan fingerprint density at radius 1 is 1.29 bits per heavy atom. The highest BCUT2D eigenvalue weighted by atomic mass is 32.2. The number of anilines is 1. The first kappa shape index (κ1) is 15.9. The molecule has 1 aliphatic carbocycles. The van der Waals surface area contributed by atoms with Crippen LogP contribution in [0.3, 0.4) is 0 Å². The van der Waals surface area contributed by atoms with Crippen molar-refractivity contribution in [3.8, 4) is 0 Å². The molecule has 1 aromatic carbocycles. The number of nitrogens with one attached hydrogen (secondary N) is 1. The maximum atomic E-state index is 11.7. The van der Waals surface area contributed by atoms with Gasteiger partial charge in [-0.25, -0.2) is 0 Å². The molecule has 4 N–H and O–H groups in total. The number of carboxylic acids is 1. The first-order valence-corrected chi connectivity index (χ1v) is 7.97. The van der Waals surface area contributed by atoms with Gasteiger partial charge in [0.1, 0.15) is 0 Å². The number of carboxylic acid groups (broad SMARTS) is 1. The zero-order valence-electron chi connectivity index (χ0n) is 11.7. The third-order valence-corrected chi connectivity index (χ3v) is 4.81. The fraction of sp³-hybridized carbons (Fsp3) is 0.467. The van der Waals surface area contributed by atoms with E-state index in [2.05, 4.69) is 5.32 Å². The van der Waals surface area contributed by atoms with Crippen LogP contribution in [0.15, 0.2) is 29.2 Å². The Hall–Kier alpha value is -1.53. The molecule has 0 radical (unpaired) electrons. The van der Waals surface area contributed by atoms with E-state index >= 15 is 0 Å². The van der Waals surface area contributed by atoms with Crippen molar-refractivity contribution in [2.24, 2.45) is 5.73 Å². The van der Waals surface area contributed by atoms with Crippen molar-refractivity contribution in [2.45, 2.75) is 48.3 Å². The van der Waals surface area contributed by atoms with Gasteiger partial charge in [-0.05, 0) is 37.1 Å². The summed E-state index contributed by atoms with van der Waals surface area (Å²) < 4.78 is 0. The number of thioether (sulfide) groups is 1. The zero-order chi connectivity index (χ0) is 15.2. The van der Waals surface area contributed by atoms with Crippen LogP contribution in [-0.4, -0.2) is 28.3 Å². The highest BCUT2D eigenvalue weighted by Crippen LogP contribution is 2.34. The van der Waals surface area contributed by atoms with Gasteiger partial charge in [-0.3, -0.25) is 9.59 Å². The highest BCUT2D eigenvalue weighted by Gasteiger charge is 2.18. The van der Waals surface area contributed by atoms with Crippen molar-refractivity contribution in [3.05, 3.63) is 24.3 Å². The third kappa shape index (κ3) is 5.06. The molecule has 1 amide bonds. The minimum absolute atomic E-state index is 0.374. The van der Waals surface area contributed by atoms with Gasteiger partial charge in [-0.1, -0.05) is 12.8 Å². The van der Waals surface area contributed by atoms with E-state index in [1.165, 1.54) is 30.6 Å². The van der Waals surface area contributed by atoms with Gasteiger partial charge in [-0.2, -0.15) is 0 Å². The Morgan fingerprint density at radius 2 is 1.90 bits per heavy atom. The van der Waals surface area contributed by atoms with Gasteiger partial charge in [0, 0.05) is 15.8 Å². The van der Waals surface area contributed by atoms with Gasteiger partial charge in [0.25, 0.3) is 0 Å². The maximum Gasteiger partial charge on any atom is 0.305 e. The molecule has 1 atom stereocenters. The molecule has 0 aromatic heterocycles. The Bertz CT molecular complexity index is 498. The number of benzene rings is 1. The fourth-order valence-corrected chi connectivity index (χ4v) is 3.58. The molecule has 2 rings (SSSR count). The molecule has 0 aliphatic heterocycles. The van der Waals surface area contributed by atoms with Crippen molar-refractivity contribution in [3.63, 3.8) is 0 Å². The van der Waals surface area contributed by atoms with Crippen LogP contribution in [0.1, 0.15) is 32.1 Å². The summed E-state index contributed by atoms with van der Waals surface area (Å²) in [4.78, 5) is 23.4. The van der Waals surface area contributed by atoms with Gasteiger partial charge < -0.3 is 16.2 Å². The monoisotopic (exact) mass is 308 g/mol. The van der Waals surface area contributed by atoms with E-state index in [1.54, 1.807) is 0 Å². The minimum Gasteiger partial charge on any atom is -0.481 e. The van der Waals surface area contributed by atoms with E-state index in [0.29, 0.717) is 10.9 Å². The number of hydrogen-bond donors (Lipinski definition) is 3. The molecule has 1 fully saturated rings. The van der Waals surface area contributed by atoms with Crippen molar-refractivity contribution in [1.82, 2.24) is 0 Å². The minimum atomic E-state index is -1.08. The number of rotatable bonds is 6. The average Bonchev–Trinajstić information content (AvgIpc) is 2.93. The van der Waals surface area contributed by atoms with E-state index in [0.717, 1.165) is 0 Å². The molecule has 0 bridgehead atoms. The number of hydrogen-bond acceptors (Lipinski definition) is 4. The standard InChI is InChI=1S/C15H20N2O3S/c16-13(9-14(18)19)15(20)17-10-5-7-12(8-6-10)21-11-3-1-2-4-11/h5-8,11,13H,1-4,9,16H2,(H,17,20)(H,18,19). The second-order valence-electron chi connectivity index (χ2n) is 5.24. The van der Waals surface area contributed by atoms with Crippen LogP contribution < -0.4 is 11.1 Å². The second-order valence-corrected chi connectivity index (χ2v) is 6.62. The topological polar surface area (TPSA) is 92.4 Å². The first-order valence-electron chi connectivity index (χ1n) is 7.09. The lowest BCUT2D eigenvalue weighted by Crippen LogP contribution is -2.37. The number of carbonyl (C=O) groups excluding carboxylic acids is 1. The zero-order valence-corrected chi connectivity index (χ0v) is 12.6. The summed E-state index contributed by atoms with van der Waals surface area (Å²) in [6, 6.07) is 6.56. The van der Waals surface area contributed by atoms with Gasteiger partial charge in [-0.15, -0.1) is 11.8 Å². The second kappa shape index (κ2) is 7.47. The average molecular weight is 308 g/mol. The van der Waals surface area contributed by atoms with Crippen LogP contribution in [0, 0.1) is 0 Å².